The van der Waals surface area contributed by atoms with E-state index in [1.165, 1.54) is 5.56 Å². The van der Waals surface area contributed by atoms with Crippen molar-refractivity contribution in [1.82, 2.24) is 14.5 Å². The van der Waals surface area contributed by atoms with E-state index in [1.54, 1.807) is 34.7 Å². The molecule has 0 aliphatic rings. The van der Waals surface area contributed by atoms with Gasteiger partial charge in [-0.2, -0.15) is 0 Å². The summed E-state index contributed by atoms with van der Waals surface area (Å²) in [5, 5.41) is 3.97. The average Bonchev–Trinajstić information content (AvgIpc) is 2.74. The summed E-state index contributed by atoms with van der Waals surface area (Å²) in [5.74, 6) is 0.979. The van der Waals surface area contributed by atoms with Gasteiger partial charge in [-0.05, 0) is 55.2 Å². The maximum Gasteiger partial charge on any atom is 0.322 e. The Kier molecular flexibility index (Phi) is 7.01. The Morgan fingerprint density at radius 2 is 1.84 bits per heavy atom. The van der Waals surface area contributed by atoms with Gasteiger partial charge >= 0.3 is 6.03 Å². The Hall–Kier alpha value is -2.86. The Bertz CT molecular complexity index is 1140. The topological polar surface area (TPSA) is 67.2 Å². The van der Waals surface area contributed by atoms with E-state index in [0.29, 0.717) is 40.6 Å². The molecule has 0 bridgehead atoms. The lowest BCUT2D eigenvalue weighted by molar-refractivity contribution is 0.198. The minimum atomic E-state index is -0.369. The molecule has 3 aromatic rings. The maximum absolute atomic E-state index is 13.0. The number of urea groups is 1. The molecule has 1 N–H and O–H groups in total. The molecule has 6 nitrogen and oxygen atoms in total. The van der Waals surface area contributed by atoms with E-state index >= 15 is 0 Å². The van der Waals surface area contributed by atoms with Crippen LogP contribution in [0.2, 0.25) is 5.02 Å². The molecule has 2 aromatic carbocycles. The monoisotopic (exact) mass is 440 g/mol. The molecule has 31 heavy (non-hydrogen) atoms. The highest BCUT2D eigenvalue weighted by atomic mass is 35.5. The van der Waals surface area contributed by atoms with Crippen LogP contribution in [0.25, 0.3) is 10.9 Å². The molecule has 0 spiro atoms. The molecular weight excluding hydrogens is 412 g/mol. The van der Waals surface area contributed by atoms with Gasteiger partial charge in [0, 0.05) is 24.3 Å². The normalized spacial score (nSPS) is 12.2. The van der Waals surface area contributed by atoms with Crippen molar-refractivity contribution in [2.24, 2.45) is 0 Å². The lowest BCUT2D eigenvalue weighted by Crippen LogP contribution is -2.38. The fourth-order valence-electron chi connectivity index (χ4n) is 3.71. The first kappa shape index (κ1) is 22.8. The number of hydrogen-bond acceptors (Lipinski definition) is 3. The van der Waals surface area contributed by atoms with Crippen molar-refractivity contribution < 1.29 is 4.79 Å². The zero-order valence-electron chi connectivity index (χ0n) is 18.6. The van der Waals surface area contributed by atoms with Crippen molar-refractivity contribution in [3.05, 3.63) is 69.2 Å². The predicted molar refractivity (Wildman–Crippen MR) is 127 cm³/mol. The van der Waals surface area contributed by atoms with Crippen LogP contribution in [-0.2, 0) is 6.54 Å². The van der Waals surface area contributed by atoms with Crippen LogP contribution in [0.4, 0.5) is 10.5 Å². The van der Waals surface area contributed by atoms with E-state index in [9.17, 15) is 9.59 Å². The lowest BCUT2D eigenvalue weighted by Gasteiger charge is -2.29. The van der Waals surface area contributed by atoms with Crippen molar-refractivity contribution in [3.8, 4) is 0 Å². The van der Waals surface area contributed by atoms with Crippen LogP contribution >= 0.6 is 11.6 Å². The van der Waals surface area contributed by atoms with Gasteiger partial charge in [-0.15, -0.1) is 0 Å². The number of amides is 2. The van der Waals surface area contributed by atoms with E-state index in [0.717, 1.165) is 5.69 Å². The number of fused-ring (bicyclic) bond motifs is 1. The Morgan fingerprint density at radius 1 is 1.16 bits per heavy atom. The number of rotatable bonds is 6. The number of nitrogens with zero attached hydrogens (tertiary/aromatic N) is 3. The fourth-order valence-corrected chi connectivity index (χ4v) is 3.87. The van der Waals surface area contributed by atoms with Crippen molar-refractivity contribution >= 4 is 34.2 Å². The molecule has 0 saturated heterocycles. The Labute approximate surface area is 187 Å². The number of nitrogens with one attached hydrogen (secondary N) is 1. The third-order valence-corrected chi connectivity index (χ3v) is 5.80. The van der Waals surface area contributed by atoms with Crippen molar-refractivity contribution in [3.63, 3.8) is 0 Å². The van der Waals surface area contributed by atoms with E-state index in [1.807, 2.05) is 38.1 Å². The predicted octanol–water partition coefficient (Wildman–Crippen LogP) is 5.81. The summed E-state index contributed by atoms with van der Waals surface area (Å²) in [6, 6.07) is 12.3. The van der Waals surface area contributed by atoms with Gasteiger partial charge in [0.15, 0.2) is 0 Å². The number of aromatic nitrogens is 2. The van der Waals surface area contributed by atoms with Gasteiger partial charge in [-0.3, -0.25) is 9.36 Å². The first-order chi connectivity index (χ1) is 14.8. The molecule has 1 aromatic heterocycles. The SMILES string of the molecule is CCC(c1nc2cc(Cl)ccc2c(=O)n1CC)N(C)C(=O)Nc1ccc(C(C)C)cc1. The molecule has 1 unspecified atom stereocenters. The van der Waals surface area contributed by atoms with Crippen LogP contribution in [0, 0.1) is 0 Å². The summed E-state index contributed by atoms with van der Waals surface area (Å²) in [5.41, 5.74) is 2.34. The lowest BCUT2D eigenvalue weighted by atomic mass is 10.0. The molecule has 1 heterocycles. The first-order valence-corrected chi connectivity index (χ1v) is 11.0. The van der Waals surface area contributed by atoms with Gasteiger partial charge in [0.2, 0.25) is 0 Å². The van der Waals surface area contributed by atoms with Gasteiger partial charge in [0.1, 0.15) is 5.82 Å². The van der Waals surface area contributed by atoms with Crippen LogP contribution in [0.5, 0.6) is 0 Å². The number of halogens is 1. The second kappa shape index (κ2) is 9.52. The molecule has 0 aliphatic heterocycles. The zero-order chi connectivity index (χ0) is 22.7. The fraction of sp³-hybridized carbons (Fsp3) is 0.375. The molecule has 0 radical (unpaired) electrons. The first-order valence-electron chi connectivity index (χ1n) is 10.6. The smallest absolute Gasteiger partial charge is 0.317 e. The number of anilines is 1. The summed E-state index contributed by atoms with van der Waals surface area (Å²) >= 11 is 6.12. The quantitative estimate of drug-likeness (QED) is 0.526. The Morgan fingerprint density at radius 3 is 2.42 bits per heavy atom. The average molecular weight is 441 g/mol. The van der Waals surface area contributed by atoms with E-state index < -0.39 is 0 Å². The summed E-state index contributed by atoms with van der Waals surface area (Å²) in [4.78, 5) is 32.4. The molecule has 0 saturated carbocycles. The van der Waals surface area contributed by atoms with Crippen LogP contribution in [0.15, 0.2) is 47.3 Å². The summed E-state index contributed by atoms with van der Waals surface area (Å²) < 4.78 is 1.63. The highest BCUT2D eigenvalue weighted by Crippen LogP contribution is 2.25. The summed E-state index contributed by atoms with van der Waals surface area (Å²) in [7, 11) is 1.72. The second-order valence-corrected chi connectivity index (χ2v) is 8.36. The van der Waals surface area contributed by atoms with E-state index in [2.05, 4.69) is 19.2 Å². The highest BCUT2D eigenvalue weighted by molar-refractivity contribution is 6.31. The molecule has 2 amide bonds. The Balaban J connectivity index is 1.94. The molecule has 0 fully saturated rings. The van der Waals surface area contributed by atoms with Crippen LogP contribution in [-0.4, -0.2) is 27.5 Å². The van der Waals surface area contributed by atoms with Crippen molar-refractivity contribution in [1.29, 1.82) is 0 Å². The molecule has 3 rings (SSSR count). The van der Waals surface area contributed by atoms with Crippen LogP contribution in [0.1, 0.15) is 57.5 Å². The maximum atomic E-state index is 13.0. The third-order valence-electron chi connectivity index (χ3n) is 5.56. The van der Waals surface area contributed by atoms with Gasteiger partial charge in [0.25, 0.3) is 5.56 Å². The van der Waals surface area contributed by atoms with Gasteiger partial charge < -0.3 is 10.2 Å². The molecule has 164 valence electrons. The molecule has 1 atom stereocenters. The van der Waals surface area contributed by atoms with Gasteiger partial charge in [-0.1, -0.05) is 44.5 Å². The number of benzene rings is 2. The zero-order valence-corrected chi connectivity index (χ0v) is 19.4. The van der Waals surface area contributed by atoms with Gasteiger partial charge in [-0.25, -0.2) is 9.78 Å². The summed E-state index contributed by atoms with van der Waals surface area (Å²) in [6.45, 7) is 8.59. The summed E-state index contributed by atoms with van der Waals surface area (Å²) in [6.07, 6.45) is 0.606. The van der Waals surface area contributed by atoms with Crippen molar-refractivity contribution in [2.75, 3.05) is 12.4 Å². The van der Waals surface area contributed by atoms with Crippen LogP contribution in [0.3, 0.4) is 0 Å². The number of carbonyl (C=O) groups excluding carboxylic acids is 1. The molecule has 7 heteroatoms. The number of carbonyl (C=O) groups is 1. The largest absolute Gasteiger partial charge is 0.322 e. The van der Waals surface area contributed by atoms with Gasteiger partial charge in [0.05, 0.1) is 16.9 Å². The molecular formula is C24H29ClN4O2. The van der Waals surface area contributed by atoms with Crippen molar-refractivity contribution in [2.45, 2.75) is 52.6 Å². The minimum Gasteiger partial charge on any atom is -0.317 e. The second-order valence-electron chi connectivity index (χ2n) is 7.92. The standard InChI is InChI=1S/C24H29ClN4O2/c1-6-21(28(5)24(31)26-18-11-8-16(9-12-18)15(3)4)22-27-20-14-17(25)10-13-19(20)23(30)29(22)7-2/h8-15,21H,6-7H2,1-5H3,(H,26,31). The highest BCUT2D eigenvalue weighted by Gasteiger charge is 2.25. The molecule has 0 aliphatic carbocycles. The minimum absolute atomic E-state index is 0.129. The van der Waals surface area contributed by atoms with Crippen LogP contribution < -0.4 is 10.9 Å². The number of hydrogen-bond donors (Lipinski definition) is 1. The third kappa shape index (κ3) is 4.74. The van der Waals surface area contributed by atoms with E-state index in [4.69, 9.17) is 16.6 Å². The van der Waals surface area contributed by atoms with E-state index in [-0.39, 0.29) is 17.6 Å².